The van der Waals surface area contributed by atoms with Gasteiger partial charge in [0.05, 0.1) is 20.6 Å². The summed E-state index contributed by atoms with van der Waals surface area (Å²) in [6.07, 6.45) is 0.876. The Labute approximate surface area is 279 Å². The van der Waals surface area contributed by atoms with E-state index in [1.165, 1.54) is 29.2 Å². The molecule has 7 nitrogen and oxygen atoms in total. The molecule has 1 N–H and O–H groups in total. The highest BCUT2D eigenvalue weighted by molar-refractivity contribution is 7.92. The summed E-state index contributed by atoms with van der Waals surface area (Å²) in [5.41, 5.74) is 1.54. The molecule has 0 spiro atoms. The van der Waals surface area contributed by atoms with Crippen LogP contribution in [0.3, 0.4) is 0 Å². The summed E-state index contributed by atoms with van der Waals surface area (Å²) in [6.45, 7) is 3.18. The number of amides is 2. The first kappa shape index (κ1) is 34.3. The van der Waals surface area contributed by atoms with Gasteiger partial charge in [-0.15, -0.1) is 0 Å². The summed E-state index contributed by atoms with van der Waals surface area (Å²) in [5.74, 6) is -0.979. The van der Waals surface area contributed by atoms with Gasteiger partial charge in [0.1, 0.15) is 12.6 Å². The number of carbonyl (C=O) groups excluding carboxylic acids is 2. The van der Waals surface area contributed by atoms with E-state index in [4.69, 9.17) is 34.8 Å². The molecule has 0 unspecified atom stereocenters. The van der Waals surface area contributed by atoms with E-state index in [0.29, 0.717) is 17.0 Å². The number of anilines is 1. The van der Waals surface area contributed by atoms with Gasteiger partial charge in [-0.2, -0.15) is 0 Å². The first-order chi connectivity index (χ1) is 21.5. The van der Waals surface area contributed by atoms with E-state index in [0.717, 1.165) is 9.87 Å². The van der Waals surface area contributed by atoms with E-state index in [9.17, 15) is 18.0 Å². The molecule has 2 atom stereocenters. The molecule has 0 aliphatic heterocycles. The van der Waals surface area contributed by atoms with Crippen molar-refractivity contribution in [3.63, 3.8) is 0 Å². The second kappa shape index (κ2) is 15.6. The lowest BCUT2D eigenvalue weighted by Gasteiger charge is -2.34. The molecule has 0 saturated carbocycles. The third kappa shape index (κ3) is 8.79. The van der Waals surface area contributed by atoms with Crippen LogP contribution in [0.2, 0.25) is 15.1 Å². The predicted molar refractivity (Wildman–Crippen MR) is 181 cm³/mol. The molecule has 236 valence electrons. The Morgan fingerprint density at radius 1 is 0.822 bits per heavy atom. The molecule has 0 bridgehead atoms. The summed E-state index contributed by atoms with van der Waals surface area (Å²) in [4.78, 5) is 29.8. The fraction of sp³-hybridized carbons (Fsp3) is 0.235. The summed E-state index contributed by atoms with van der Waals surface area (Å²) in [7, 11) is -4.31. The second-order valence-corrected chi connectivity index (χ2v) is 13.7. The Bertz CT molecular complexity index is 1720. The van der Waals surface area contributed by atoms with Crippen molar-refractivity contribution in [1.29, 1.82) is 0 Å². The highest BCUT2D eigenvalue weighted by Gasteiger charge is 2.35. The van der Waals surface area contributed by atoms with Gasteiger partial charge in [0.2, 0.25) is 11.8 Å². The number of halogens is 3. The van der Waals surface area contributed by atoms with Gasteiger partial charge in [-0.1, -0.05) is 108 Å². The average Bonchev–Trinajstić information content (AvgIpc) is 3.03. The minimum Gasteiger partial charge on any atom is -0.352 e. The Balaban J connectivity index is 1.83. The van der Waals surface area contributed by atoms with E-state index in [1.807, 2.05) is 44.2 Å². The van der Waals surface area contributed by atoms with Crippen molar-refractivity contribution in [2.45, 2.75) is 50.2 Å². The second-order valence-electron chi connectivity index (χ2n) is 10.6. The fourth-order valence-corrected chi connectivity index (χ4v) is 6.85. The van der Waals surface area contributed by atoms with Crippen molar-refractivity contribution in [2.75, 3.05) is 10.8 Å². The number of nitrogens with one attached hydrogen (secondary N) is 1. The largest absolute Gasteiger partial charge is 0.352 e. The number of nitrogens with zero attached hydrogens (tertiary/aromatic N) is 2. The maximum atomic E-state index is 14.5. The van der Waals surface area contributed by atoms with Crippen LogP contribution < -0.4 is 9.62 Å². The molecule has 0 fully saturated rings. The van der Waals surface area contributed by atoms with Gasteiger partial charge in [-0.25, -0.2) is 8.42 Å². The number of rotatable bonds is 13. The van der Waals surface area contributed by atoms with Crippen molar-refractivity contribution in [3.05, 3.63) is 129 Å². The standard InChI is InChI=1S/C34H34Cl3N3O4S/c1-3-24(2)38-34(42)31(21-25-12-6-4-7-13-25)39(22-26-14-10-15-27(35)20-26)32(41)23-40(30-19-11-18-29(36)33(30)37)45(43,44)28-16-8-5-9-17-28/h4-20,24,31H,3,21-23H2,1-2H3,(H,38,42)/t24-,31+/m1/s1. The molecule has 11 heteroatoms. The third-order valence-electron chi connectivity index (χ3n) is 7.32. The lowest BCUT2D eigenvalue weighted by molar-refractivity contribution is -0.140. The first-order valence-electron chi connectivity index (χ1n) is 14.4. The molecule has 2 amide bonds. The van der Waals surface area contributed by atoms with E-state index < -0.39 is 28.5 Å². The summed E-state index contributed by atoms with van der Waals surface area (Å²) < 4.78 is 29.1. The van der Waals surface area contributed by atoms with E-state index >= 15 is 0 Å². The van der Waals surface area contributed by atoms with Gasteiger partial charge >= 0.3 is 0 Å². The minimum atomic E-state index is -4.31. The zero-order valence-corrected chi connectivity index (χ0v) is 28.0. The van der Waals surface area contributed by atoms with Gasteiger partial charge in [0.15, 0.2) is 0 Å². The van der Waals surface area contributed by atoms with Crippen LogP contribution in [-0.4, -0.2) is 43.8 Å². The van der Waals surface area contributed by atoms with Crippen molar-refractivity contribution in [1.82, 2.24) is 10.2 Å². The summed E-state index contributed by atoms with van der Waals surface area (Å²) in [5, 5.41) is 3.57. The SMILES string of the molecule is CC[C@@H](C)NC(=O)[C@H](Cc1ccccc1)N(Cc1cccc(Cl)c1)C(=O)CN(c1cccc(Cl)c1Cl)S(=O)(=O)c1ccccc1. The van der Waals surface area contributed by atoms with Crippen molar-refractivity contribution < 1.29 is 18.0 Å². The van der Waals surface area contributed by atoms with Gasteiger partial charge in [0, 0.05) is 24.0 Å². The molecule has 0 aromatic heterocycles. The number of hydrogen-bond donors (Lipinski definition) is 1. The minimum absolute atomic E-state index is 0.00662. The monoisotopic (exact) mass is 685 g/mol. The van der Waals surface area contributed by atoms with Gasteiger partial charge in [0.25, 0.3) is 10.0 Å². The Morgan fingerprint density at radius 3 is 2.09 bits per heavy atom. The molecular weight excluding hydrogens is 653 g/mol. The molecule has 0 aliphatic rings. The molecular formula is C34H34Cl3N3O4S. The molecule has 4 aromatic rings. The number of hydrogen-bond acceptors (Lipinski definition) is 4. The summed E-state index contributed by atoms with van der Waals surface area (Å²) in [6, 6.07) is 27.5. The lowest BCUT2D eigenvalue weighted by Crippen LogP contribution is -2.54. The van der Waals surface area contributed by atoms with Crippen molar-refractivity contribution in [2.24, 2.45) is 0 Å². The predicted octanol–water partition coefficient (Wildman–Crippen LogP) is 7.40. The number of benzene rings is 4. The maximum Gasteiger partial charge on any atom is 0.264 e. The molecule has 0 radical (unpaired) electrons. The lowest BCUT2D eigenvalue weighted by atomic mass is 10.0. The molecule has 4 rings (SSSR count). The van der Waals surface area contributed by atoms with Gasteiger partial charge in [-0.05, 0) is 60.9 Å². The average molecular weight is 687 g/mol. The van der Waals surface area contributed by atoms with Crippen LogP contribution in [0.4, 0.5) is 5.69 Å². The first-order valence-corrected chi connectivity index (χ1v) is 17.0. The van der Waals surface area contributed by atoms with Crippen molar-refractivity contribution >= 4 is 62.3 Å². The molecule has 0 heterocycles. The van der Waals surface area contributed by atoms with Crippen LogP contribution in [0.5, 0.6) is 0 Å². The molecule has 4 aromatic carbocycles. The normalized spacial score (nSPS) is 12.6. The number of carbonyl (C=O) groups is 2. The van der Waals surface area contributed by atoms with Crippen LogP contribution in [-0.2, 0) is 32.6 Å². The zero-order chi connectivity index (χ0) is 32.6. The Morgan fingerprint density at radius 2 is 1.44 bits per heavy atom. The Kier molecular flexibility index (Phi) is 11.9. The van der Waals surface area contributed by atoms with Crippen molar-refractivity contribution in [3.8, 4) is 0 Å². The molecule has 0 saturated heterocycles. The highest BCUT2D eigenvalue weighted by atomic mass is 35.5. The van der Waals surface area contributed by atoms with E-state index in [-0.39, 0.29) is 45.5 Å². The topological polar surface area (TPSA) is 86.8 Å². The maximum absolute atomic E-state index is 14.5. The van der Waals surface area contributed by atoms with E-state index in [2.05, 4.69) is 5.32 Å². The van der Waals surface area contributed by atoms with Crippen LogP contribution in [0.15, 0.2) is 108 Å². The Hall–Kier alpha value is -3.56. The van der Waals surface area contributed by atoms with Crippen LogP contribution in [0, 0.1) is 0 Å². The molecule has 0 aliphatic carbocycles. The molecule has 45 heavy (non-hydrogen) atoms. The van der Waals surface area contributed by atoms with Gasteiger partial charge < -0.3 is 10.2 Å². The zero-order valence-electron chi connectivity index (χ0n) is 24.9. The van der Waals surface area contributed by atoms with Crippen LogP contribution >= 0.6 is 34.8 Å². The van der Waals surface area contributed by atoms with Crippen LogP contribution in [0.25, 0.3) is 0 Å². The van der Waals surface area contributed by atoms with E-state index in [1.54, 1.807) is 48.5 Å². The number of sulfonamides is 1. The van der Waals surface area contributed by atoms with Crippen LogP contribution in [0.1, 0.15) is 31.4 Å². The third-order valence-corrected chi connectivity index (χ3v) is 10.1. The highest BCUT2D eigenvalue weighted by Crippen LogP contribution is 2.35. The summed E-state index contributed by atoms with van der Waals surface area (Å²) >= 11 is 19.1. The smallest absolute Gasteiger partial charge is 0.264 e. The van der Waals surface area contributed by atoms with Gasteiger partial charge in [-0.3, -0.25) is 13.9 Å². The fourth-order valence-electron chi connectivity index (χ4n) is 4.75. The quantitative estimate of drug-likeness (QED) is 0.159.